The number of rotatable bonds is 5. The van der Waals surface area contributed by atoms with Gasteiger partial charge < -0.3 is 10.2 Å². The van der Waals surface area contributed by atoms with Crippen LogP contribution in [0.2, 0.25) is 0 Å². The van der Waals surface area contributed by atoms with Gasteiger partial charge in [-0.3, -0.25) is 10.1 Å². The topological polar surface area (TPSA) is 116 Å². The van der Waals surface area contributed by atoms with E-state index in [2.05, 4.69) is 15.4 Å². The van der Waals surface area contributed by atoms with Gasteiger partial charge in [-0.2, -0.15) is 0 Å². The van der Waals surface area contributed by atoms with Crippen molar-refractivity contribution in [3.8, 4) is 5.75 Å². The Morgan fingerprint density at radius 2 is 2.10 bits per heavy atom. The second-order valence-electron chi connectivity index (χ2n) is 4.47. The van der Waals surface area contributed by atoms with E-state index >= 15 is 0 Å². The molecule has 0 atom stereocenters. The zero-order valence-corrected chi connectivity index (χ0v) is 11.7. The highest BCUT2D eigenvalue weighted by atomic mass is 16.6. The van der Waals surface area contributed by atoms with Crippen molar-refractivity contribution in [3.63, 3.8) is 0 Å². The summed E-state index contributed by atoms with van der Waals surface area (Å²) in [4.78, 5) is 18.8. The van der Waals surface area contributed by atoms with Crippen molar-refractivity contribution in [3.05, 3.63) is 51.5 Å². The van der Waals surface area contributed by atoms with Gasteiger partial charge in [0.15, 0.2) is 11.6 Å². The minimum Gasteiger partial charge on any atom is -0.479 e. The summed E-state index contributed by atoms with van der Waals surface area (Å²) in [5.41, 5.74) is 3.92. The molecule has 0 radical (unpaired) electrons. The van der Waals surface area contributed by atoms with Crippen LogP contribution >= 0.6 is 0 Å². The van der Waals surface area contributed by atoms with Gasteiger partial charge >= 0.3 is 5.69 Å². The van der Waals surface area contributed by atoms with Crippen LogP contribution in [0.1, 0.15) is 17.1 Å². The largest absolute Gasteiger partial charge is 0.479 e. The van der Waals surface area contributed by atoms with E-state index in [1.165, 1.54) is 6.07 Å². The van der Waals surface area contributed by atoms with E-state index < -0.39 is 4.92 Å². The highest BCUT2D eigenvalue weighted by Crippen LogP contribution is 2.28. The van der Waals surface area contributed by atoms with E-state index in [1.807, 2.05) is 6.92 Å². The van der Waals surface area contributed by atoms with Crippen LogP contribution < -0.4 is 16.0 Å². The fourth-order valence-electron chi connectivity index (χ4n) is 1.80. The lowest BCUT2D eigenvalue weighted by atomic mass is 10.2. The van der Waals surface area contributed by atoms with Crippen LogP contribution in [0.15, 0.2) is 24.3 Å². The summed E-state index contributed by atoms with van der Waals surface area (Å²) in [5.74, 6) is 6.34. The molecule has 0 aliphatic heterocycles. The van der Waals surface area contributed by atoms with Gasteiger partial charge in [0.1, 0.15) is 12.4 Å². The molecule has 8 nitrogen and oxygen atoms in total. The molecule has 0 fully saturated rings. The number of ether oxygens (including phenoxy) is 1. The highest BCUT2D eigenvalue weighted by Gasteiger charge is 2.15. The lowest BCUT2D eigenvalue weighted by Crippen LogP contribution is -2.12. The van der Waals surface area contributed by atoms with E-state index in [0.717, 1.165) is 11.3 Å². The van der Waals surface area contributed by atoms with Gasteiger partial charge in [-0.05, 0) is 25.5 Å². The molecule has 0 aliphatic carbocycles. The first-order valence-corrected chi connectivity index (χ1v) is 6.18. The highest BCUT2D eigenvalue weighted by molar-refractivity contribution is 5.48. The van der Waals surface area contributed by atoms with Crippen molar-refractivity contribution < 1.29 is 9.66 Å². The summed E-state index contributed by atoms with van der Waals surface area (Å²) in [6.07, 6.45) is 0. The minimum absolute atomic E-state index is 0.0145. The Morgan fingerprint density at radius 1 is 1.33 bits per heavy atom. The number of aryl methyl sites for hydroxylation is 2. The number of benzene rings is 1. The molecular formula is C13H15N5O3. The van der Waals surface area contributed by atoms with E-state index in [1.54, 1.807) is 25.1 Å². The third-order valence-electron chi connectivity index (χ3n) is 2.72. The molecule has 0 aliphatic rings. The number of hydrogen-bond acceptors (Lipinski definition) is 7. The minimum atomic E-state index is -0.487. The van der Waals surface area contributed by atoms with Gasteiger partial charge in [0.25, 0.3) is 0 Å². The number of nitrogen functional groups attached to an aromatic ring is 1. The zero-order valence-electron chi connectivity index (χ0n) is 11.7. The molecule has 0 unspecified atom stereocenters. The molecule has 1 heterocycles. The van der Waals surface area contributed by atoms with Crippen LogP contribution in [0.3, 0.4) is 0 Å². The Labute approximate surface area is 121 Å². The molecule has 21 heavy (non-hydrogen) atoms. The number of nitrogens with two attached hydrogens (primary N) is 1. The summed E-state index contributed by atoms with van der Waals surface area (Å²) in [6.45, 7) is 3.64. The molecular weight excluding hydrogens is 274 g/mol. The predicted molar refractivity (Wildman–Crippen MR) is 76.7 cm³/mol. The Morgan fingerprint density at radius 3 is 2.76 bits per heavy atom. The molecule has 1 aromatic heterocycles. The van der Waals surface area contributed by atoms with Crippen LogP contribution in [-0.4, -0.2) is 14.9 Å². The van der Waals surface area contributed by atoms with Crippen molar-refractivity contribution in [1.82, 2.24) is 9.97 Å². The second-order valence-corrected chi connectivity index (χ2v) is 4.47. The summed E-state index contributed by atoms with van der Waals surface area (Å²) >= 11 is 0. The number of hydrazine groups is 1. The molecule has 3 N–H and O–H groups in total. The molecule has 0 amide bonds. The monoisotopic (exact) mass is 289 g/mol. The number of nitro benzene ring substituents is 1. The van der Waals surface area contributed by atoms with Crippen LogP contribution in [-0.2, 0) is 6.61 Å². The summed E-state index contributed by atoms with van der Waals surface area (Å²) in [6, 6.07) is 6.36. The quantitative estimate of drug-likeness (QED) is 0.490. The average Bonchev–Trinajstić information content (AvgIpc) is 2.44. The van der Waals surface area contributed by atoms with Crippen LogP contribution in [0.5, 0.6) is 5.75 Å². The molecule has 110 valence electrons. The van der Waals surface area contributed by atoms with Gasteiger partial charge in [0.05, 0.1) is 4.92 Å². The maximum absolute atomic E-state index is 11.0. The summed E-state index contributed by atoms with van der Waals surface area (Å²) in [5, 5.41) is 11.0. The Kier molecular flexibility index (Phi) is 4.29. The third-order valence-corrected chi connectivity index (χ3v) is 2.72. The summed E-state index contributed by atoms with van der Waals surface area (Å²) in [7, 11) is 0. The molecule has 2 rings (SSSR count). The van der Waals surface area contributed by atoms with Crippen LogP contribution in [0.4, 0.5) is 11.5 Å². The van der Waals surface area contributed by atoms with E-state index in [0.29, 0.717) is 11.6 Å². The van der Waals surface area contributed by atoms with Crippen molar-refractivity contribution in [2.75, 3.05) is 5.43 Å². The fraction of sp³-hybridized carbons (Fsp3) is 0.231. The van der Waals surface area contributed by atoms with Gasteiger partial charge in [0, 0.05) is 17.8 Å². The van der Waals surface area contributed by atoms with Crippen LogP contribution in [0, 0.1) is 24.0 Å². The fourth-order valence-corrected chi connectivity index (χ4v) is 1.80. The first-order valence-electron chi connectivity index (χ1n) is 6.18. The van der Waals surface area contributed by atoms with Gasteiger partial charge in [-0.1, -0.05) is 6.07 Å². The van der Waals surface area contributed by atoms with Gasteiger partial charge in [0.2, 0.25) is 0 Å². The predicted octanol–water partition coefficient (Wildman–Crippen LogP) is 1.87. The molecule has 8 heteroatoms. The molecule has 1 aromatic carbocycles. The van der Waals surface area contributed by atoms with Crippen molar-refractivity contribution >= 4 is 11.5 Å². The lowest BCUT2D eigenvalue weighted by molar-refractivity contribution is -0.386. The Hall–Kier alpha value is -2.74. The third kappa shape index (κ3) is 3.63. The number of nitro groups is 1. The lowest BCUT2D eigenvalue weighted by Gasteiger charge is -2.08. The van der Waals surface area contributed by atoms with Crippen molar-refractivity contribution in [2.24, 2.45) is 5.84 Å². The van der Waals surface area contributed by atoms with Crippen LogP contribution in [0.25, 0.3) is 0 Å². The van der Waals surface area contributed by atoms with Gasteiger partial charge in [-0.15, -0.1) is 0 Å². The average molecular weight is 289 g/mol. The molecule has 0 saturated heterocycles. The number of nitrogens with one attached hydrogen (secondary N) is 1. The van der Waals surface area contributed by atoms with Gasteiger partial charge in [-0.25, -0.2) is 15.8 Å². The first kappa shape index (κ1) is 14.7. The van der Waals surface area contributed by atoms with Crippen molar-refractivity contribution in [1.29, 1.82) is 0 Å². The number of nitrogens with zero attached hydrogens (tertiary/aromatic N) is 3. The Bertz CT molecular complexity index is 675. The standard InChI is InChI=1S/C13H15N5O3/c1-8-3-4-10(18(19)20)11(5-8)21-7-13-15-9(2)6-12(16-13)17-14/h3-6H,7,14H2,1-2H3,(H,15,16,17). The maximum atomic E-state index is 11.0. The zero-order chi connectivity index (χ0) is 15.4. The first-order chi connectivity index (χ1) is 9.99. The number of hydrogen-bond donors (Lipinski definition) is 2. The van der Waals surface area contributed by atoms with E-state index in [9.17, 15) is 10.1 Å². The number of anilines is 1. The molecule has 0 spiro atoms. The SMILES string of the molecule is Cc1ccc([N+](=O)[O-])c(OCc2nc(C)cc(NN)n2)c1. The van der Waals surface area contributed by atoms with E-state index in [-0.39, 0.29) is 18.0 Å². The van der Waals surface area contributed by atoms with Crippen molar-refractivity contribution in [2.45, 2.75) is 20.5 Å². The molecule has 0 bridgehead atoms. The molecule has 0 saturated carbocycles. The smallest absolute Gasteiger partial charge is 0.310 e. The molecule has 2 aromatic rings. The number of aromatic nitrogens is 2. The maximum Gasteiger partial charge on any atom is 0.310 e. The Balaban J connectivity index is 2.22. The summed E-state index contributed by atoms with van der Waals surface area (Å²) < 4.78 is 5.48. The van der Waals surface area contributed by atoms with E-state index in [4.69, 9.17) is 10.6 Å². The normalized spacial score (nSPS) is 10.2. The second kappa shape index (κ2) is 6.14.